The summed E-state index contributed by atoms with van der Waals surface area (Å²) in [5, 5.41) is 0. The van der Waals surface area contributed by atoms with Crippen LogP contribution in [-0.4, -0.2) is 39.5 Å². The number of rotatable bonds is 4. The van der Waals surface area contributed by atoms with Crippen molar-refractivity contribution in [3.05, 3.63) is 29.8 Å². The Hall–Kier alpha value is -0.910. The van der Waals surface area contributed by atoms with E-state index in [9.17, 15) is 8.42 Å². The lowest BCUT2D eigenvalue weighted by molar-refractivity contribution is 0.182. The third-order valence-electron chi connectivity index (χ3n) is 3.32. The molecule has 1 fully saturated rings. The van der Waals surface area contributed by atoms with Crippen molar-refractivity contribution in [1.82, 2.24) is 4.31 Å². The van der Waals surface area contributed by atoms with E-state index < -0.39 is 10.0 Å². The zero-order valence-corrected chi connectivity index (χ0v) is 11.6. The summed E-state index contributed by atoms with van der Waals surface area (Å²) in [6.07, 6.45) is 0.938. The standard InChI is InChI=1S/C13H19NO3S/c1-11-5-3-4-6-13(11)18(15,16)14(2)9-12-7-8-17-10-12/h3-6,12H,7-10H2,1-2H3. The third kappa shape index (κ3) is 2.74. The highest BCUT2D eigenvalue weighted by molar-refractivity contribution is 7.89. The van der Waals surface area contributed by atoms with Crippen LogP contribution in [0.3, 0.4) is 0 Å². The minimum atomic E-state index is -3.38. The Balaban J connectivity index is 2.17. The largest absolute Gasteiger partial charge is 0.381 e. The summed E-state index contributed by atoms with van der Waals surface area (Å²) in [4.78, 5) is 0.395. The Bertz CT molecular complexity index is 507. The van der Waals surface area contributed by atoms with Gasteiger partial charge in [0, 0.05) is 20.2 Å². The minimum absolute atomic E-state index is 0.314. The Morgan fingerprint density at radius 2 is 2.11 bits per heavy atom. The van der Waals surface area contributed by atoms with Crippen LogP contribution in [0.1, 0.15) is 12.0 Å². The molecular formula is C13H19NO3S. The van der Waals surface area contributed by atoms with Crippen molar-refractivity contribution in [3.8, 4) is 0 Å². The summed E-state index contributed by atoms with van der Waals surface area (Å²) < 4.78 is 31.6. The lowest BCUT2D eigenvalue weighted by Gasteiger charge is -2.21. The van der Waals surface area contributed by atoms with Gasteiger partial charge >= 0.3 is 0 Å². The van der Waals surface area contributed by atoms with Gasteiger partial charge in [-0.1, -0.05) is 18.2 Å². The van der Waals surface area contributed by atoms with E-state index in [0.717, 1.165) is 18.6 Å². The topological polar surface area (TPSA) is 46.6 Å². The molecule has 0 spiro atoms. The van der Waals surface area contributed by atoms with E-state index in [0.29, 0.717) is 24.0 Å². The van der Waals surface area contributed by atoms with Gasteiger partial charge in [-0.15, -0.1) is 0 Å². The zero-order valence-electron chi connectivity index (χ0n) is 10.8. The number of ether oxygens (including phenoxy) is 1. The molecule has 1 aromatic rings. The Kier molecular flexibility index (Phi) is 4.04. The number of hydrogen-bond donors (Lipinski definition) is 0. The van der Waals surface area contributed by atoms with E-state index in [4.69, 9.17) is 4.74 Å². The van der Waals surface area contributed by atoms with Crippen molar-refractivity contribution < 1.29 is 13.2 Å². The molecule has 1 heterocycles. The van der Waals surface area contributed by atoms with Gasteiger partial charge in [0.25, 0.3) is 0 Å². The third-order valence-corrected chi connectivity index (χ3v) is 5.30. The van der Waals surface area contributed by atoms with Gasteiger partial charge in [0.1, 0.15) is 0 Å². The molecule has 5 heteroatoms. The first-order chi connectivity index (χ1) is 8.51. The molecule has 18 heavy (non-hydrogen) atoms. The number of nitrogens with zero attached hydrogens (tertiary/aromatic N) is 1. The molecule has 1 saturated heterocycles. The Morgan fingerprint density at radius 1 is 1.39 bits per heavy atom. The van der Waals surface area contributed by atoms with Gasteiger partial charge in [0.15, 0.2) is 0 Å². The summed E-state index contributed by atoms with van der Waals surface area (Å²) in [5.41, 5.74) is 0.784. The van der Waals surface area contributed by atoms with Crippen molar-refractivity contribution in [2.75, 3.05) is 26.8 Å². The molecule has 0 N–H and O–H groups in total. The van der Waals surface area contributed by atoms with Crippen molar-refractivity contribution in [3.63, 3.8) is 0 Å². The quantitative estimate of drug-likeness (QED) is 0.835. The first-order valence-electron chi connectivity index (χ1n) is 6.11. The molecule has 0 aromatic heterocycles. The van der Waals surface area contributed by atoms with E-state index in [-0.39, 0.29) is 0 Å². The maximum atomic E-state index is 12.4. The number of aryl methyl sites for hydroxylation is 1. The first-order valence-corrected chi connectivity index (χ1v) is 7.55. The zero-order chi connectivity index (χ0) is 13.2. The van der Waals surface area contributed by atoms with Crippen LogP contribution in [0.4, 0.5) is 0 Å². The van der Waals surface area contributed by atoms with E-state index in [1.165, 1.54) is 4.31 Å². The molecule has 4 nitrogen and oxygen atoms in total. The summed E-state index contributed by atoms with van der Waals surface area (Å²) in [7, 11) is -1.74. The van der Waals surface area contributed by atoms with E-state index >= 15 is 0 Å². The molecule has 1 aliphatic heterocycles. The molecule has 0 radical (unpaired) electrons. The Morgan fingerprint density at radius 3 is 2.72 bits per heavy atom. The van der Waals surface area contributed by atoms with Crippen LogP contribution in [0.5, 0.6) is 0 Å². The van der Waals surface area contributed by atoms with Crippen molar-refractivity contribution in [2.45, 2.75) is 18.2 Å². The van der Waals surface area contributed by atoms with E-state index in [1.54, 1.807) is 19.2 Å². The predicted molar refractivity (Wildman–Crippen MR) is 69.9 cm³/mol. The van der Waals surface area contributed by atoms with Crippen molar-refractivity contribution in [1.29, 1.82) is 0 Å². The predicted octanol–water partition coefficient (Wildman–Crippen LogP) is 1.65. The molecule has 0 amide bonds. The summed E-state index contributed by atoms with van der Waals surface area (Å²) in [5.74, 6) is 0.314. The fourth-order valence-electron chi connectivity index (χ4n) is 2.20. The highest BCUT2D eigenvalue weighted by atomic mass is 32.2. The van der Waals surface area contributed by atoms with Crippen LogP contribution in [0.25, 0.3) is 0 Å². The van der Waals surface area contributed by atoms with E-state index in [2.05, 4.69) is 0 Å². The summed E-state index contributed by atoms with van der Waals surface area (Å²) >= 11 is 0. The van der Waals surface area contributed by atoms with Gasteiger partial charge < -0.3 is 4.74 Å². The molecule has 1 atom stereocenters. The van der Waals surface area contributed by atoms with Crippen molar-refractivity contribution >= 4 is 10.0 Å². The molecule has 0 aliphatic carbocycles. The summed E-state index contributed by atoms with van der Waals surface area (Å²) in [6, 6.07) is 7.08. The molecule has 100 valence electrons. The lowest BCUT2D eigenvalue weighted by atomic mass is 10.1. The van der Waals surface area contributed by atoms with Gasteiger partial charge in [0.05, 0.1) is 11.5 Å². The monoisotopic (exact) mass is 269 g/mol. The molecule has 2 rings (SSSR count). The second-order valence-corrected chi connectivity index (χ2v) is 6.79. The average Bonchev–Trinajstić information content (AvgIpc) is 2.82. The molecule has 0 saturated carbocycles. The number of benzene rings is 1. The molecule has 1 aromatic carbocycles. The SMILES string of the molecule is Cc1ccccc1S(=O)(=O)N(C)CC1CCOC1. The molecule has 0 bridgehead atoms. The van der Waals surface area contributed by atoms with Gasteiger partial charge in [-0.2, -0.15) is 0 Å². The maximum absolute atomic E-state index is 12.4. The number of sulfonamides is 1. The first kappa shape index (κ1) is 13.5. The second kappa shape index (κ2) is 5.38. The van der Waals surface area contributed by atoms with Crippen LogP contribution in [-0.2, 0) is 14.8 Å². The molecular weight excluding hydrogens is 250 g/mol. The van der Waals surface area contributed by atoms with Gasteiger partial charge in [-0.05, 0) is 30.9 Å². The average molecular weight is 269 g/mol. The van der Waals surface area contributed by atoms with Crippen LogP contribution in [0, 0.1) is 12.8 Å². The van der Waals surface area contributed by atoms with Crippen LogP contribution < -0.4 is 0 Å². The van der Waals surface area contributed by atoms with Gasteiger partial charge in [-0.3, -0.25) is 0 Å². The minimum Gasteiger partial charge on any atom is -0.381 e. The lowest BCUT2D eigenvalue weighted by Crippen LogP contribution is -2.32. The molecule has 1 unspecified atom stereocenters. The van der Waals surface area contributed by atoms with Crippen LogP contribution >= 0.6 is 0 Å². The van der Waals surface area contributed by atoms with Crippen LogP contribution in [0.15, 0.2) is 29.2 Å². The summed E-state index contributed by atoms with van der Waals surface area (Å²) in [6.45, 7) is 3.74. The maximum Gasteiger partial charge on any atom is 0.243 e. The smallest absolute Gasteiger partial charge is 0.243 e. The molecule has 1 aliphatic rings. The normalized spacial score (nSPS) is 20.5. The van der Waals surface area contributed by atoms with E-state index in [1.807, 2.05) is 19.1 Å². The highest BCUT2D eigenvalue weighted by Crippen LogP contribution is 2.21. The van der Waals surface area contributed by atoms with Crippen LogP contribution in [0.2, 0.25) is 0 Å². The van der Waals surface area contributed by atoms with Crippen molar-refractivity contribution in [2.24, 2.45) is 5.92 Å². The fourth-order valence-corrected chi connectivity index (χ4v) is 3.67. The fraction of sp³-hybridized carbons (Fsp3) is 0.538. The number of hydrogen-bond acceptors (Lipinski definition) is 3. The van der Waals surface area contributed by atoms with Gasteiger partial charge in [0.2, 0.25) is 10.0 Å². The van der Waals surface area contributed by atoms with Gasteiger partial charge in [-0.25, -0.2) is 12.7 Å². The highest BCUT2D eigenvalue weighted by Gasteiger charge is 2.26. The second-order valence-electron chi connectivity index (χ2n) is 4.78. The Labute approximate surface area is 109 Å².